The van der Waals surface area contributed by atoms with E-state index in [0.717, 1.165) is 9.80 Å². The van der Waals surface area contributed by atoms with E-state index >= 15 is 0 Å². The molecule has 0 saturated heterocycles. The zero-order valence-electron chi connectivity index (χ0n) is 5.07. The Morgan fingerprint density at radius 2 is 2.10 bits per heavy atom. The zero-order valence-corrected chi connectivity index (χ0v) is 10.4. The Hall–Kier alpha value is 0.910. The Morgan fingerprint density at radius 3 is 2.60 bits per heavy atom. The van der Waals surface area contributed by atoms with Crippen LogP contribution in [0.15, 0.2) is 22.7 Å². The fourth-order valence-electron chi connectivity index (χ4n) is 0.623. The van der Waals surface area contributed by atoms with Crippen LogP contribution in [0.4, 0.5) is 0 Å². The normalized spacial score (nSPS) is 9.90. The van der Waals surface area contributed by atoms with Crippen LogP contribution in [0.1, 0.15) is 5.56 Å². The molecule has 1 aromatic rings. The smallest absolute Gasteiger partial charge is 0.0309 e. The van der Waals surface area contributed by atoms with Gasteiger partial charge in [-0.05, 0) is 56.2 Å². The average Bonchev–Trinajstić information content (AvgIpc) is 1.95. The van der Waals surface area contributed by atoms with E-state index in [1.54, 1.807) is 0 Å². The molecule has 0 atom stereocenters. The first kappa shape index (κ1) is 9.00. The summed E-state index contributed by atoms with van der Waals surface area (Å²) < 4.78 is 2.42. The van der Waals surface area contributed by atoms with E-state index in [9.17, 15) is 0 Å². The van der Waals surface area contributed by atoms with E-state index in [0.29, 0.717) is 0 Å². The van der Waals surface area contributed by atoms with Crippen molar-refractivity contribution in [2.24, 2.45) is 0 Å². The Morgan fingerprint density at radius 1 is 1.40 bits per heavy atom. The SMILES string of the molecule is BrCc1ccc(Br)c(I)c1. The van der Waals surface area contributed by atoms with Gasteiger partial charge < -0.3 is 0 Å². The second kappa shape index (κ2) is 4.07. The lowest BCUT2D eigenvalue weighted by molar-refractivity contribution is 1.40. The number of benzene rings is 1. The number of rotatable bonds is 1. The van der Waals surface area contributed by atoms with Gasteiger partial charge in [-0.3, -0.25) is 0 Å². The summed E-state index contributed by atoms with van der Waals surface area (Å²) in [7, 11) is 0. The third kappa shape index (κ3) is 2.20. The van der Waals surface area contributed by atoms with Gasteiger partial charge >= 0.3 is 0 Å². The summed E-state index contributed by atoms with van der Waals surface area (Å²) in [6, 6.07) is 6.32. The van der Waals surface area contributed by atoms with Crippen molar-refractivity contribution in [3.05, 3.63) is 31.8 Å². The summed E-state index contributed by atoms with van der Waals surface area (Å²) in [6.07, 6.45) is 0. The number of halogens is 3. The lowest BCUT2D eigenvalue weighted by atomic mass is 10.2. The number of hydrogen-bond donors (Lipinski definition) is 0. The van der Waals surface area contributed by atoms with Gasteiger partial charge in [0.25, 0.3) is 0 Å². The summed E-state index contributed by atoms with van der Waals surface area (Å²) in [5.41, 5.74) is 1.31. The molecule has 0 aliphatic heterocycles. The van der Waals surface area contributed by atoms with Gasteiger partial charge in [0.1, 0.15) is 0 Å². The van der Waals surface area contributed by atoms with E-state index in [1.807, 2.05) is 0 Å². The average molecular weight is 376 g/mol. The van der Waals surface area contributed by atoms with Crippen LogP contribution in [0.2, 0.25) is 0 Å². The summed E-state index contributed by atoms with van der Waals surface area (Å²) in [4.78, 5) is 0. The molecule has 0 saturated carbocycles. The lowest BCUT2D eigenvalue weighted by Crippen LogP contribution is -1.79. The molecule has 54 valence electrons. The maximum absolute atomic E-state index is 3.44. The monoisotopic (exact) mass is 374 g/mol. The molecule has 0 spiro atoms. The molecule has 0 fully saturated rings. The van der Waals surface area contributed by atoms with E-state index in [1.165, 1.54) is 9.13 Å². The zero-order chi connectivity index (χ0) is 7.56. The van der Waals surface area contributed by atoms with Crippen molar-refractivity contribution in [1.82, 2.24) is 0 Å². The minimum Gasteiger partial charge on any atom is -0.0876 e. The quantitative estimate of drug-likeness (QED) is 0.515. The van der Waals surface area contributed by atoms with Gasteiger partial charge in [0.2, 0.25) is 0 Å². The minimum atomic E-state index is 0.927. The Balaban J connectivity index is 3.04. The maximum Gasteiger partial charge on any atom is 0.0309 e. The highest BCUT2D eigenvalue weighted by Crippen LogP contribution is 2.20. The van der Waals surface area contributed by atoms with Crippen LogP contribution in [0.3, 0.4) is 0 Å². The molecule has 0 aliphatic rings. The molecule has 1 rings (SSSR count). The van der Waals surface area contributed by atoms with Crippen molar-refractivity contribution in [3.8, 4) is 0 Å². The fraction of sp³-hybridized carbons (Fsp3) is 0.143. The molecule has 0 amide bonds. The van der Waals surface area contributed by atoms with E-state index in [2.05, 4.69) is 72.6 Å². The van der Waals surface area contributed by atoms with Gasteiger partial charge in [-0.15, -0.1) is 0 Å². The predicted octanol–water partition coefficient (Wildman–Crippen LogP) is 3.95. The van der Waals surface area contributed by atoms with Gasteiger partial charge in [0, 0.05) is 13.4 Å². The topological polar surface area (TPSA) is 0 Å². The van der Waals surface area contributed by atoms with Crippen molar-refractivity contribution in [2.45, 2.75) is 5.33 Å². The van der Waals surface area contributed by atoms with Crippen LogP contribution in [0, 0.1) is 3.57 Å². The molecule has 0 radical (unpaired) electrons. The van der Waals surface area contributed by atoms with Crippen LogP contribution < -0.4 is 0 Å². The van der Waals surface area contributed by atoms with Crippen molar-refractivity contribution in [1.29, 1.82) is 0 Å². The van der Waals surface area contributed by atoms with Crippen LogP contribution in [-0.4, -0.2) is 0 Å². The minimum absolute atomic E-state index is 0.927. The maximum atomic E-state index is 3.44. The summed E-state index contributed by atoms with van der Waals surface area (Å²) in [5, 5.41) is 0.927. The van der Waals surface area contributed by atoms with Gasteiger partial charge in [-0.1, -0.05) is 22.0 Å². The Kier molecular flexibility index (Phi) is 3.66. The van der Waals surface area contributed by atoms with Crippen LogP contribution in [0.5, 0.6) is 0 Å². The third-order valence-corrected chi connectivity index (χ3v) is 4.11. The molecule has 0 aliphatic carbocycles. The Labute approximate surface area is 90.8 Å². The summed E-state index contributed by atoms with van der Waals surface area (Å²) in [6.45, 7) is 0. The van der Waals surface area contributed by atoms with Crippen molar-refractivity contribution < 1.29 is 0 Å². The first-order chi connectivity index (χ1) is 4.74. The van der Waals surface area contributed by atoms with Gasteiger partial charge in [0.15, 0.2) is 0 Å². The van der Waals surface area contributed by atoms with Gasteiger partial charge in [-0.25, -0.2) is 0 Å². The first-order valence-electron chi connectivity index (χ1n) is 2.74. The second-order valence-corrected chi connectivity index (χ2v) is 4.46. The van der Waals surface area contributed by atoms with Crippen LogP contribution >= 0.6 is 54.5 Å². The highest BCUT2D eigenvalue weighted by molar-refractivity contribution is 14.1. The standard InChI is InChI=1S/C7H5Br2I/c8-4-5-1-2-6(9)7(10)3-5/h1-3H,4H2. The van der Waals surface area contributed by atoms with Gasteiger partial charge in [0.05, 0.1) is 0 Å². The Bertz CT molecular complexity index is 235. The third-order valence-electron chi connectivity index (χ3n) is 1.14. The largest absolute Gasteiger partial charge is 0.0876 e. The van der Waals surface area contributed by atoms with Crippen molar-refractivity contribution >= 4 is 54.5 Å². The van der Waals surface area contributed by atoms with E-state index in [-0.39, 0.29) is 0 Å². The van der Waals surface area contributed by atoms with Crippen molar-refractivity contribution in [3.63, 3.8) is 0 Å². The summed E-state index contributed by atoms with van der Waals surface area (Å²) in [5.74, 6) is 0. The predicted molar refractivity (Wildman–Crippen MR) is 59.5 cm³/mol. The summed E-state index contributed by atoms with van der Waals surface area (Å²) >= 11 is 9.14. The molecule has 1 aromatic carbocycles. The molecular weight excluding hydrogens is 371 g/mol. The number of alkyl halides is 1. The molecule has 0 N–H and O–H groups in total. The van der Waals surface area contributed by atoms with Gasteiger partial charge in [-0.2, -0.15) is 0 Å². The molecule has 10 heavy (non-hydrogen) atoms. The van der Waals surface area contributed by atoms with E-state index in [4.69, 9.17) is 0 Å². The molecule has 0 unspecified atom stereocenters. The lowest BCUT2D eigenvalue weighted by Gasteiger charge is -1.97. The highest BCUT2D eigenvalue weighted by atomic mass is 127. The fourth-order valence-corrected chi connectivity index (χ4v) is 1.80. The van der Waals surface area contributed by atoms with Crippen LogP contribution in [0.25, 0.3) is 0 Å². The molecular formula is C7H5Br2I. The molecule has 0 aromatic heterocycles. The van der Waals surface area contributed by atoms with Crippen molar-refractivity contribution in [2.75, 3.05) is 0 Å². The molecule has 3 heteroatoms. The van der Waals surface area contributed by atoms with E-state index < -0.39 is 0 Å². The first-order valence-corrected chi connectivity index (χ1v) is 5.73. The second-order valence-electron chi connectivity index (χ2n) is 1.88. The van der Waals surface area contributed by atoms with Crippen LogP contribution in [-0.2, 0) is 5.33 Å². The molecule has 0 nitrogen and oxygen atoms in total. The number of hydrogen-bond acceptors (Lipinski definition) is 0. The highest BCUT2D eigenvalue weighted by Gasteiger charge is 1.95. The molecule has 0 bridgehead atoms. The molecule has 0 heterocycles.